The molecule has 2 aromatic rings. The van der Waals surface area contributed by atoms with E-state index < -0.39 is 5.97 Å². The summed E-state index contributed by atoms with van der Waals surface area (Å²) in [4.78, 5) is 14.8. The third-order valence-corrected chi connectivity index (χ3v) is 3.23. The molecule has 0 atom stereocenters. The number of aryl methyl sites for hydroxylation is 2. The first-order chi connectivity index (χ1) is 8.60. The van der Waals surface area contributed by atoms with Crippen LogP contribution in [0.3, 0.4) is 0 Å². The molecule has 0 aliphatic rings. The van der Waals surface area contributed by atoms with Crippen LogP contribution in [0, 0.1) is 0 Å². The molecule has 0 fully saturated rings. The Kier molecular flexibility index (Phi) is 4.01. The van der Waals surface area contributed by atoms with Gasteiger partial charge in [0.15, 0.2) is 11.5 Å². The number of aliphatic carboxylic acids is 1. The van der Waals surface area contributed by atoms with Crippen LogP contribution in [0.1, 0.15) is 31.2 Å². The number of carboxylic acids is 1. The summed E-state index contributed by atoms with van der Waals surface area (Å²) in [5.41, 5.74) is 2.68. The molecule has 5 heteroatoms. The molecule has 1 aromatic heterocycles. The van der Waals surface area contributed by atoms with E-state index in [0.29, 0.717) is 17.9 Å². The number of rotatable bonds is 5. The lowest BCUT2D eigenvalue weighted by atomic mass is 10.1. The van der Waals surface area contributed by atoms with E-state index in [2.05, 4.69) is 27.8 Å². The predicted molar refractivity (Wildman–Crippen MR) is 71.7 cm³/mol. The highest BCUT2D eigenvalue weighted by Gasteiger charge is 2.11. The van der Waals surface area contributed by atoms with Crippen molar-refractivity contribution in [1.82, 2.24) is 4.98 Å². The molecule has 0 radical (unpaired) electrons. The van der Waals surface area contributed by atoms with Crippen molar-refractivity contribution >= 4 is 33.0 Å². The van der Waals surface area contributed by atoms with Crippen molar-refractivity contribution in [2.75, 3.05) is 0 Å². The Bertz CT molecular complexity index is 577. The van der Waals surface area contributed by atoms with Crippen molar-refractivity contribution < 1.29 is 14.3 Å². The average molecular weight is 312 g/mol. The number of halogens is 1. The molecule has 0 bridgehead atoms. The molecule has 2 rings (SSSR count). The number of benzene rings is 1. The van der Waals surface area contributed by atoms with Crippen molar-refractivity contribution in [3.05, 3.63) is 28.1 Å². The number of oxazole rings is 1. The van der Waals surface area contributed by atoms with Crippen molar-refractivity contribution in [3.63, 3.8) is 0 Å². The van der Waals surface area contributed by atoms with E-state index in [-0.39, 0.29) is 6.42 Å². The van der Waals surface area contributed by atoms with Gasteiger partial charge >= 0.3 is 5.97 Å². The van der Waals surface area contributed by atoms with Gasteiger partial charge < -0.3 is 9.52 Å². The lowest BCUT2D eigenvalue weighted by molar-refractivity contribution is -0.137. The summed E-state index contributed by atoms with van der Waals surface area (Å²) >= 11 is 3.46. The van der Waals surface area contributed by atoms with Crippen LogP contribution in [0.2, 0.25) is 0 Å². The number of hydrogen-bond donors (Lipinski definition) is 1. The number of carboxylic acid groups (broad SMARTS) is 1. The lowest BCUT2D eigenvalue weighted by Crippen LogP contribution is -1.97. The summed E-state index contributed by atoms with van der Waals surface area (Å²) < 4.78 is 6.43. The Morgan fingerprint density at radius 1 is 1.44 bits per heavy atom. The molecular weight excluding hydrogens is 298 g/mol. The van der Waals surface area contributed by atoms with Crippen LogP contribution in [0.4, 0.5) is 0 Å². The number of hydrogen-bond acceptors (Lipinski definition) is 3. The van der Waals surface area contributed by atoms with E-state index in [1.54, 1.807) is 0 Å². The van der Waals surface area contributed by atoms with Crippen LogP contribution in [0.5, 0.6) is 0 Å². The Labute approximate surface area is 113 Å². The van der Waals surface area contributed by atoms with Crippen LogP contribution >= 0.6 is 15.9 Å². The normalized spacial score (nSPS) is 11.0. The highest BCUT2D eigenvalue weighted by atomic mass is 79.9. The van der Waals surface area contributed by atoms with Gasteiger partial charge in [0.2, 0.25) is 0 Å². The van der Waals surface area contributed by atoms with Gasteiger partial charge in [-0.2, -0.15) is 0 Å². The minimum absolute atomic E-state index is 0.0340. The molecule has 1 heterocycles. The fourth-order valence-electron chi connectivity index (χ4n) is 1.85. The first-order valence-corrected chi connectivity index (χ1v) is 6.69. The van der Waals surface area contributed by atoms with Gasteiger partial charge in [0.25, 0.3) is 0 Å². The van der Waals surface area contributed by atoms with Crippen LogP contribution in [-0.4, -0.2) is 16.1 Å². The van der Waals surface area contributed by atoms with Gasteiger partial charge in [0, 0.05) is 6.42 Å². The fourth-order valence-corrected chi connectivity index (χ4v) is 2.42. The molecule has 0 unspecified atom stereocenters. The summed E-state index contributed by atoms with van der Waals surface area (Å²) in [5.74, 6) is -0.371. The van der Waals surface area contributed by atoms with E-state index in [0.717, 1.165) is 22.8 Å². The predicted octanol–water partition coefficient (Wildman–Crippen LogP) is 3.56. The highest BCUT2D eigenvalue weighted by molar-refractivity contribution is 9.10. The number of carbonyl (C=O) groups is 1. The number of fused-ring (bicyclic) bond motifs is 1. The quantitative estimate of drug-likeness (QED) is 0.917. The second-order valence-electron chi connectivity index (χ2n) is 4.18. The Balaban J connectivity index is 2.31. The Hall–Kier alpha value is -1.36. The number of aromatic nitrogens is 1. The van der Waals surface area contributed by atoms with E-state index in [4.69, 9.17) is 9.52 Å². The smallest absolute Gasteiger partial charge is 0.303 e. The molecule has 0 saturated carbocycles. The first kappa shape index (κ1) is 13.1. The largest absolute Gasteiger partial charge is 0.481 e. The molecule has 1 N–H and O–H groups in total. The van der Waals surface area contributed by atoms with Gasteiger partial charge in [-0.1, -0.05) is 13.3 Å². The fraction of sp³-hybridized carbons (Fsp3) is 0.385. The van der Waals surface area contributed by atoms with Crippen LogP contribution < -0.4 is 0 Å². The average Bonchev–Trinajstić information content (AvgIpc) is 2.70. The summed E-state index contributed by atoms with van der Waals surface area (Å²) in [7, 11) is 0. The monoisotopic (exact) mass is 311 g/mol. The molecule has 0 saturated heterocycles. The molecule has 0 aliphatic carbocycles. The maximum atomic E-state index is 10.5. The summed E-state index contributed by atoms with van der Waals surface area (Å²) in [6.07, 6.45) is 2.42. The maximum Gasteiger partial charge on any atom is 0.303 e. The van der Waals surface area contributed by atoms with Crippen LogP contribution in [-0.2, 0) is 17.6 Å². The number of nitrogens with zero attached hydrogens (tertiary/aromatic N) is 1. The van der Waals surface area contributed by atoms with Gasteiger partial charge in [-0.05, 0) is 40.0 Å². The molecular formula is C13H14BrNO3. The van der Waals surface area contributed by atoms with E-state index in [9.17, 15) is 4.79 Å². The zero-order valence-electron chi connectivity index (χ0n) is 10.1. The van der Waals surface area contributed by atoms with E-state index >= 15 is 0 Å². The van der Waals surface area contributed by atoms with Gasteiger partial charge in [-0.15, -0.1) is 0 Å². The second-order valence-corrected chi connectivity index (χ2v) is 5.03. The van der Waals surface area contributed by atoms with Crippen molar-refractivity contribution in [2.24, 2.45) is 0 Å². The van der Waals surface area contributed by atoms with Gasteiger partial charge in [0.05, 0.1) is 10.9 Å². The standard InChI is InChI=1S/C13H14BrNO3/c1-2-3-8-6-9(14)13-10(7-8)15-11(18-13)4-5-12(16)17/h6-7H,2-5H2,1H3,(H,16,17). The molecule has 1 aromatic carbocycles. The Morgan fingerprint density at radius 3 is 2.89 bits per heavy atom. The van der Waals surface area contributed by atoms with Crippen molar-refractivity contribution in [1.29, 1.82) is 0 Å². The molecule has 0 spiro atoms. The first-order valence-electron chi connectivity index (χ1n) is 5.89. The molecule has 0 aliphatic heterocycles. The molecule has 18 heavy (non-hydrogen) atoms. The zero-order chi connectivity index (χ0) is 13.1. The van der Waals surface area contributed by atoms with Crippen molar-refractivity contribution in [2.45, 2.75) is 32.6 Å². The van der Waals surface area contributed by atoms with Gasteiger partial charge in [0.1, 0.15) is 5.52 Å². The minimum atomic E-state index is -0.844. The second kappa shape index (κ2) is 5.52. The topological polar surface area (TPSA) is 63.3 Å². The lowest BCUT2D eigenvalue weighted by Gasteiger charge is -1.99. The molecule has 96 valence electrons. The van der Waals surface area contributed by atoms with Crippen LogP contribution in [0.15, 0.2) is 21.0 Å². The van der Waals surface area contributed by atoms with Gasteiger partial charge in [-0.25, -0.2) is 4.98 Å². The summed E-state index contributed by atoms with van der Waals surface area (Å²) in [5, 5.41) is 8.64. The Morgan fingerprint density at radius 2 is 2.22 bits per heavy atom. The van der Waals surface area contributed by atoms with Crippen LogP contribution in [0.25, 0.3) is 11.1 Å². The molecule has 4 nitrogen and oxygen atoms in total. The highest BCUT2D eigenvalue weighted by Crippen LogP contribution is 2.27. The third kappa shape index (κ3) is 2.90. The maximum absolute atomic E-state index is 10.5. The summed E-state index contributed by atoms with van der Waals surface area (Å²) in [6.45, 7) is 2.12. The zero-order valence-corrected chi connectivity index (χ0v) is 11.7. The minimum Gasteiger partial charge on any atom is -0.481 e. The van der Waals surface area contributed by atoms with E-state index in [1.807, 2.05) is 12.1 Å². The van der Waals surface area contributed by atoms with Crippen molar-refractivity contribution in [3.8, 4) is 0 Å². The molecule has 0 amide bonds. The van der Waals surface area contributed by atoms with Gasteiger partial charge in [-0.3, -0.25) is 4.79 Å². The van der Waals surface area contributed by atoms with E-state index in [1.165, 1.54) is 5.56 Å². The summed E-state index contributed by atoms with van der Waals surface area (Å²) in [6, 6.07) is 4.02. The third-order valence-electron chi connectivity index (χ3n) is 2.64. The SMILES string of the molecule is CCCc1cc(Br)c2oc(CCC(=O)O)nc2c1.